The van der Waals surface area contributed by atoms with Crippen LogP contribution in [-0.2, 0) is 4.79 Å². The molecule has 120 valence electrons. The third-order valence-electron chi connectivity index (χ3n) is 4.11. The number of nitrogens with two attached hydrogens (primary N) is 1. The zero-order valence-corrected chi connectivity index (χ0v) is 12.9. The number of amides is 3. The maximum absolute atomic E-state index is 12.2. The van der Waals surface area contributed by atoms with Crippen LogP contribution in [0.5, 0.6) is 0 Å². The van der Waals surface area contributed by atoms with Gasteiger partial charge in [0.2, 0.25) is 5.91 Å². The highest BCUT2D eigenvalue weighted by Gasteiger charge is 2.22. The second-order valence-corrected chi connectivity index (χ2v) is 5.89. The van der Waals surface area contributed by atoms with E-state index in [2.05, 4.69) is 22.9 Å². The van der Waals surface area contributed by atoms with Crippen molar-refractivity contribution in [3.63, 3.8) is 0 Å². The Hall–Kier alpha value is -2.08. The van der Waals surface area contributed by atoms with Gasteiger partial charge in [-0.3, -0.25) is 4.79 Å². The number of primary amides is 1. The van der Waals surface area contributed by atoms with Gasteiger partial charge in [0.25, 0.3) is 0 Å². The van der Waals surface area contributed by atoms with Crippen molar-refractivity contribution in [1.29, 1.82) is 0 Å². The van der Waals surface area contributed by atoms with Gasteiger partial charge >= 0.3 is 6.03 Å². The number of urea groups is 1. The molecule has 0 aliphatic carbocycles. The van der Waals surface area contributed by atoms with Crippen molar-refractivity contribution in [3.05, 3.63) is 24.3 Å². The molecule has 0 spiro atoms. The van der Waals surface area contributed by atoms with E-state index in [0.29, 0.717) is 29.6 Å². The lowest BCUT2D eigenvalue weighted by Crippen LogP contribution is -2.32. The minimum atomic E-state index is -0.622. The molecule has 0 bridgehead atoms. The molecule has 1 aromatic rings. The topological polar surface area (TPSA) is 96.2 Å². The Labute approximate surface area is 130 Å². The van der Waals surface area contributed by atoms with Crippen LogP contribution in [0.1, 0.15) is 26.2 Å². The largest absolute Gasteiger partial charge is 0.351 e. The number of carbonyl (C=O) groups excluding carboxylic acids is 2. The molecule has 2 rings (SSSR count). The van der Waals surface area contributed by atoms with E-state index in [1.54, 1.807) is 24.3 Å². The average molecular weight is 304 g/mol. The molecule has 6 nitrogen and oxygen atoms in total. The molecule has 0 radical (unpaired) electrons. The molecule has 1 aliphatic rings. The number of hydrogen-bond acceptors (Lipinski definition) is 3. The highest BCUT2D eigenvalue weighted by molar-refractivity contribution is 5.93. The Morgan fingerprint density at radius 3 is 2.55 bits per heavy atom. The van der Waals surface area contributed by atoms with Crippen molar-refractivity contribution in [2.45, 2.75) is 26.2 Å². The summed E-state index contributed by atoms with van der Waals surface area (Å²) in [7, 11) is 0. The van der Waals surface area contributed by atoms with Crippen LogP contribution >= 0.6 is 0 Å². The molecule has 1 unspecified atom stereocenters. The van der Waals surface area contributed by atoms with Gasteiger partial charge in [-0.25, -0.2) is 4.79 Å². The summed E-state index contributed by atoms with van der Waals surface area (Å²) in [6.45, 7) is 4.22. The first-order valence-electron chi connectivity index (χ1n) is 7.71. The van der Waals surface area contributed by atoms with E-state index in [1.807, 2.05) is 0 Å². The first-order chi connectivity index (χ1) is 10.5. The van der Waals surface area contributed by atoms with Crippen LogP contribution < -0.4 is 21.7 Å². The summed E-state index contributed by atoms with van der Waals surface area (Å²) in [5.74, 6) is 0.978. The van der Waals surface area contributed by atoms with Crippen LogP contribution in [-0.4, -0.2) is 25.0 Å². The maximum Gasteiger partial charge on any atom is 0.316 e. The van der Waals surface area contributed by atoms with E-state index in [4.69, 9.17) is 5.73 Å². The molecule has 1 atom stereocenters. The van der Waals surface area contributed by atoms with E-state index in [-0.39, 0.29) is 5.91 Å². The molecular formula is C16H24N4O2. The van der Waals surface area contributed by atoms with Gasteiger partial charge in [0, 0.05) is 17.8 Å². The zero-order chi connectivity index (χ0) is 15.9. The predicted molar refractivity (Wildman–Crippen MR) is 87.7 cm³/mol. The second kappa shape index (κ2) is 7.79. The quantitative estimate of drug-likeness (QED) is 0.671. The molecule has 1 heterocycles. The highest BCUT2D eigenvalue weighted by Crippen LogP contribution is 2.25. The number of rotatable bonds is 5. The lowest BCUT2D eigenvalue weighted by Gasteiger charge is -2.27. The van der Waals surface area contributed by atoms with Gasteiger partial charge in [-0.1, -0.05) is 13.0 Å². The summed E-state index contributed by atoms with van der Waals surface area (Å²) in [5.41, 5.74) is 6.31. The Morgan fingerprint density at radius 1 is 1.27 bits per heavy atom. The number of anilines is 2. The van der Waals surface area contributed by atoms with E-state index in [0.717, 1.165) is 25.9 Å². The molecule has 1 aliphatic heterocycles. The van der Waals surface area contributed by atoms with Crippen LogP contribution in [0.25, 0.3) is 0 Å². The van der Waals surface area contributed by atoms with Crippen molar-refractivity contribution in [3.8, 4) is 0 Å². The van der Waals surface area contributed by atoms with E-state index in [1.165, 1.54) is 0 Å². The number of piperidine rings is 1. The summed E-state index contributed by atoms with van der Waals surface area (Å²) in [4.78, 5) is 23.0. The van der Waals surface area contributed by atoms with E-state index >= 15 is 0 Å². The first-order valence-corrected chi connectivity index (χ1v) is 7.71. The molecular weight excluding hydrogens is 280 g/mol. The summed E-state index contributed by atoms with van der Waals surface area (Å²) in [6.07, 6.45) is 2.77. The lowest BCUT2D eigenvalue weighted by molar-refractivity contribution is -0.117. The Morgan fingerprint density at radius 2 is 1.91 bits per heavy atom. The molecule has 1 saturated heterocycles. The first kappa shape index (κ1) is 16.3. The molecule has 1 fully saturated rings. The fourth-order valence-corrected chi connectivity index (χ4v) is 2.90. The van der Waals surface area contributed by atoms with Gasteiger partial charge in [-0.15, -0.1) is 0 Å². The lowest BCUT2D eigenvalue weighted by atomic mass is 9.84. The van der Waals surface area contributed by atoms with Crippen LogP contribution in [0.3, 0.4) is 0 Å². The second-order valence-electron chi connectivity index (χ2n) is 5.89. The third kappa shape index (κ3) is 5.04. The van der Waals surface area contributed by atoms with E-state index in [9.17, 15) is 9.59 Å². The standard InChI is InChI=1S/C16H24N4O2/c1-11(12-5-7-18-8-6-12)9-15(21)19-13-3-2-4-14(10-13)20-16(17)22/h2-4,10-12,18H,5-9H2,1H3,(H,19,21)(H3,17,20,22). The van der Waals surface area contributed by atoms with Gasteiger partial charge in [-0.05, 0) is 56.0 Å². The minimum Gasteiger partial charge on any atom is -0.351 e. The molecule has 22 heavy (non-hydrogen) atoms. The summed E-state index contributed by atoms with van der Waals surface area (Å²) < 4.78 is 0. The fourth-order valence-electron chi connectivity index (χ4n) is 2.90. The van der Waals surface area contributed by atoms with Crippen LogP contribution in [0.2, 0.25) is 0 Å². The SMILES string of the molecule is CC(CC(=O)Nc1cccc(NC(N)=O)c1)C1CCNCC1. The molecule has 5 N–H and O–H groups in total. The average Bonchev–Trinajstić information content (AvgIpc) is 2.47. The minimum absolute atomic E-state index is 0.00209. The predicted octanol–water partition coefficient (Wildman–Crippen LogP) is 2.14. The van der Waals surface area contributed by atoms with E-state index < -0.39 is 6.03 Å². The number of hydrogen-bond donors (Lipinski definition) is 4. The summed E-state index contributed by atoms with van der Waals surface area (Å²) in [5, 5.41) is 8.71. The van der Waals surface area contributed by atoms with Gasteiger partial charge in [0.1, 0.15) is 0 Å². The van der Waals surface area contributed by atoms with Gasteiger partial charge < -0.3 is 21.7 Å². The Kier molecular flexibility index (Phi) is 5.77. The van der Waals surface area contributed by atoms with Crippen molar-refractivity contribution in [2.75, 3.05) is 23.7 Å². The number of nitrogens with one attached hydrogen (secondary N) is 3. The van der Waals surface area contributed by atoms with Gasteiger partial charge in [0.05, 0.1) is 0 Å². The maximum atomic E-state index is 12.2. The van der Waals surface area contributed by atoms with Crippen molar-refractivity contribution in [2.24, 2.45) is 17.6 Å². The Bertz CT molecular complexity index is 527. The van der Waals surface area contributed by atoms with Crippen molar-refractivity contribution < 1.29 is 9.59 Å². The molecule has 6 heteroatoms. The number of benzene rings is 1. The molecule has 3 amide bonds. The summed E-state index contributed by atoms with van der Waals surface area (Å²) >= 11 is 0. The summed E-state index contributed by atoms with van der Waals surface area (Å²) in [6, 6.07) is 6.34. The molecule has 0 aromatic heterocycles. The highest BCUT2D eigenvalue weighted by atomic mass is 16.2. The Balaban J connectivity index is 1.87. The normalized spacial score (nSPS) is 16.8. The monoisotopic (exact) mass is 304 g/mol. The van der Waals surface area contributed by atoms with Crippen LogP contribution in [0.4, 0.5) is 16.2 Å². The molecule has 1 aromatic carbocycles. The smallest absolute Gasteiger partial charge is 0.316 e. The molecule has 0 saturated carbocycles. The number of carbonyl (C=O) groups is 2. The fraction of sp³-hybridized carbons (Fsp3) is 0.500. The van der Waals surface area contributed by atoms with Crippen molar-refractivity contribution >= 4 is 23.3 Å². The van der Waals surface area contributed by atoms with Crippen LogP contribution in [0.15, 0.2) is 24.3 Å². The van der Waals surface area contributed by atoms with Crippen LogP contribution in [0, 0.1) is 11.8 Å². The van der Waals surface area contributed by atoms with Crippen molar-refractivity contribution in [1.82, 2.24) is 5.32 Å². The van der Waals surface area contributed by atoms with Gasteiger partial charge in [-0.2, -0.15) is 0 Å². The zero-order valence-electron chi connectivity index (χ0n) is 12.9. The van der Waals surface area contributed by atoms with Gasteiger partial charge in [0.15, 0.2) is 0 Å². The third-order valence-corrected chi connectivity index (χ3v) is 4.11.